The number of rotatable bonds is 15. The minimum Gasteiger partial charge on any atom is -0.372 e. The van der Waals surface area contributed by atoms with Crippen LogP contribution in [0.15, 0.2) is 30.9 Å². The molecule has 1 saturated heterocycles. The van der Waals surface area contributed by atoms with E-state index in [4.69, 9.17) is 4.74 Å². The first kappa shape index (κ1) is 30.3. The molecule has 1 amide bonds. The van der Waals surface area contributed by atoms with E-state index in [1.54, 1.807) is 0 Å². The van der Waals surface area contributed by atoms with Gasteiger partial charge in [0, 0.05) is 44.8 Å². The number of aryl methyl sites for hydroxylation is 1. The van der Waals surface area contributed by atoms with Crippen LogP contribution >= 0.6 is 0 Å². The molecule has 0 saturated carbocycles. The second kappa shape index (κ2) is 14.8. The molecule has 2 heterocycles. The third kappa shape index (κ3) is 7.43. The van der Waals surface area contributed by atoms with Crippen LogP contribution in [0.5, 0.6) is 0 Å². The summed E-state index contributed by atoms with van der Waals surface area (Å²) in [5.41, 5.74) is 5.45. The number of ether oxygens (including phenoxy) is 1. The molecule has 1 aromatic heterocycles. The maximum atomic E-state index is 13.0. The van der Waals surface area contributed by atoms with Crippen LogP contribution in [0.1, 0.15) is 96.2 Å². The van der Waals surface area contributed by atoms with Gasteiger partial charge >= 0.3 is 0 Å². The van der Waals surface area contributed by atoms with Crippen LogP contribution in [-0.2, 0) is 23.0 Å². The standard InChI is InChI=1S/C33H53N3O2/c1-8-12-20-34(6)33-29-17-15-27(23-31(29)35(7)30(33)11-4)26-18-21-36(22-19-26)32(37)24-38-28(13-9-2)16-14-25(5)10-3/h8,15,17,23,25-26,28H,1,9-14,16,18-22,24H2,2-7H3. The average Bonchev–Trinajstić information content (AvgIpc) is 3.23. The Morgan fingerprint density at radius 2 is 1.92 bits per heavy atom. The number of fused-ring (bicyclic) bond motifs is 1. The van der Waals surface area contributed by atoms with Crippen LogP contribution in [0.4, 0.5) is 5.69 Å². The molecule has 1 aliphatic rings. The first-order chi connectivity index (χ1) is 18.3. The second-order valence-electron chi connectivity index (χ2n) is 11.5. The van der Waals surface area contributed by atoms with Crippen LogP contribution in [0.2, 0.25) is 0 Å². The van der Waals surface area contributed by atoms with Crippen LogP contribution in [0.25, 0.3) is 10.9 Å². The number of aromatic nitrogens is 1. The van der Waals surface area contributed by atoms with Crippen molar-refractivity contribution in [2.75, 3.05) is 38.2 Å². The van der Waals surface area contributed by atoms with E-state index in [-0.39, 0.29) is 18.6 Å². The Bertz CT molecular complexity index is 1030. The summed E-state index contributed by atoms with van der Waals surface area (Å²) in [4.78, 5) is 17.4. The maximum Gasteiger partial charge on any atom is 0.248 e. The van der Waals surface area contributed by atoms with Crippen molar-refractivity contribution in [2.45, 2.75) is 97.5 Å². The number of piperidine rings is 1. The molecular formula is C33H53N3O2. The summed E-state index contributed by atoms with van der Waals surface area (Å²) in [6.45, 7) is 15.7. The molecule has 3 rings (SSSR count). The fraction of sp³-hybridized carbons (Fsp3) is 0.667. The largest absolute Gasteiger partial charge is 0.372 e. The molecule has 1 fully saturated rings. The summed E-state index contributed by atoms with van der Waals surface area (Å²) < 4.78 is 8.51. The molecule has 2 unspecified atom stereocenters. The van der Waals surface area contributed by atoms with Crippen LogP contribution in [0, 0.1) is 5.92 Å². The Morgan fingerprint density at radius 3 is 2.55 bits per heavy atom. The fourth-order valence-corrected chi connectivity index (χ4v) is 6.02. The van der Waals surface area contributed by atoms with Crippen molar-refractivity contribution in [1.29, 1.82) is 0 Å². The number of hydrogen-bond acceptors (Lipinski definition) is 3. The SMILES string of the molecule is C=CCCN(C)c1c(CC)n(C)c2cc(C3CCN(C(=O)COC(CCC)CCC(C)CC)CC3)ccc12. The lowest BCUT2D eigenvalue weighted by Crippen LogP contribution is -2.40. The van der Waals surface area contributed by atoms with E-state index in [1.165, 1.54) is 40.7 Å². The van der Waals surface area contributed by atoms with Gasteiger partial charge in [-0.15, -0.1) is 6.58 Å². The van der Waals surface area contributed by atoms with Crippen molar-refractivity contribution in [2.24, 2.45) is 13.0 Å². The summed E-state index contributed by atoms with van der Waals surface area (Å²) in [7, 11) is 4.39. The Morgan fingerprint density at radius 1 is 1.18 bits per heavy atom. The minimum absolute atomic E-state index is 0.158. The van der Waals surface area contributed by atoms with Gasteiger partial charge in [0.25, 0.3) is 0 Å². The van der Waals surface area contributed by atoms with E-state index in [2.05, 4.69) is 76.0 Å². The van der Waals surface area contributed by atoms with Crippen LogP contribution in [0.3, 0.4) is 0 Å². The zero-order valence-corrected chi connectivity index (χ0v) is 25.1. The lowest BCUT2D eigenvalue weighted by Gasteiger charge is -2.32. The first-order valence-corrected chi connectivity index (χ1v) is 15.2. The molecule has 0 spiro atoms. The van der Waals surface area contributed by atoms with Crippen LogP contribution < -0.4 is 4.90 Å². The van der Waals surface area contributed by atoms with Gasteiger partial charge in [0.1, 0.15) is 6.61 Å². The molecule has 212 valence electrons. The number of hydrogen-bond donors (Lipinski definition) is 0. The molecule has 2 aromatic rings. The zero-order chi connectivity index (χ0) is 27.7. The van der Waals surface area contributed by atoms with E-state index in [9.17, 15) is 4.79 Å². The lowest BCUT2D eigenvalue weighted by molar-refractivity contribution is -0.139. The van der Waals surface area contributed by atoms with Crippen molar-refractivity contribution in [3.63, 3.8) is 0 Å². The first-order valence-electron chi connectivity index (χ1n) is 15.2. The molecule has 0 bridgehead atoms. The van der Waals surface area contributed by atoms with Crippen molar-refractivity contribution < 1.29 is 9.53 Å². The number of nitrogens with zero attached hydrogens (tertiary/aromatic N) is 3. The van der Waals surface area contributed by atoms with Crippen molar-refractivity contribution >= 4 is 22.5 Å². The third-order valence-electron chi connectivity index (χ3n) is 8.75. The van der Waals surface area contributed by atoms with Crippen LogP contribution in [-0.4, -0.2) is 54.8 Å². The van der Waals surface area contributed by atoms with Gasteiger partial charge in [0.05, 0.1) is 17.3 Å². The number of carbonyl (C=O) groups is 1. The van der Waals surface area contributed by atoms with Gasteiger partial charge < -0.3 is 19.1 Å². The van der Waals surface area contributed by atoms with Gasteiger partial charge in [-0.3, -0.25) is 4.79 Å². The summed E-state index contributed by atoms with van der Waals surface area (Å²) in [5, 5.41) is 1.33. The number of benzene rings is 1. The molecule has 5 nitrogen and oxygen atoms in total. The van der Waals surface area contributed by atoms with Gasteiger partial charge in [-0.05, 0) is 68.4 Å². The molecule has 1 aliphatic heterocycles. The summed E-state index contributed by atoms with van der Waals surface area (Å²) in [5.74, 6) is 1.38. The monoisotopic (exact) mass is 523 g/mol. The minimum atomic E-state index is 0.158. The zero-order valence-electron chi connectivity index (χ0n) is 25.1. The van der Waals surface area contributed by atoms with Crippen molar-refractivity contribution in [3.8, 4) is 0 Å². The molecule has 0 N–H and O–H groups in total. The van der Waals surface area contributed by atoms with Gasteiger partial charge in [0.15, 0.2) is 0 Å². The van der Waals surface area contributed by atoms with Gasteiger partial charge in [-0.1, -0.05) is 58.7 Å². The summed E-state index contributed by atoms with van der Waals surface area (Å²) in [6.07, 6.45) is 11.8. The lowest BCUT2D eigenvalue weighted by atomic mass is 9.89. The van der Waals surface area contributed by atoms with Gasteiger partial charge in [-0.25, -0.2) is 0 Å². The number of anilines is 1. The quantitative estimate of drug-likeness (QED) is 0.227. The molecular weight excluding hydrogens is 470 g/mol. The molecule has 38 heavy (non-hydrogen) atoms. The summed E-state index contributed by atoms with van der Waals surface area (Å²) >= 11 is 0. The van der Waals surface area contributed by atoms with Crippen molar-refractivity contribution in [1.82, 2.24) is 9.47 Å². The maximum absolute atomic E-state index is 13.0. The smallest absolute Gasteiger partial charge is 0.248 e. The third-order valence-corrected chi connectivity index (χ3v) is 8.75. The van der Waals surface area contributed by atoms with Crippen molar-refractivity contribution in [3.05, 3.63) is 42.1 Å². The summed E-state index contributed by atoms with van der Waals surface area (Å²) in [6, 6.07) is 7.05. The highest BCUT2D eigenvalue weighted by atomic mass is 16.5. The normalized spacial score (nSPS) is 16.1. The van der Waals surface area contributed by atoms with Gasteiger partial charge in [-0.2, -0.15) is 0 Å². The van der Waals surface area contributed by atoms with E-state index in [0.29, 0.717) is 5.92 Å². The molecule has 5 heteroatoms. The number of amides is 1. The predicted octanol–water partition coefficient (Wildman–Crippen LogP) is 7.47. The highest BCUT2D eigenvalue weighted by Gasteiger charge is 2.26. The molecule has 2 atom stereocenters. The topological polar surface area (TPSA) is 37.7 Å². The number of carbonyl (C=O) groups excluding carboxylic acids is 1. The van der Waals surface area contributed by atoms with Gasteiger partial charge in [0.2, 0.25) is 5.91 Å². The highest BCUT2D eigenvalue weighted by molar-refractivity contribution is 5.96. The average molecular weight is 524 g/mol. The Labute approximate surface area is 232 Å². The Balaban J connectivity index is 1.61. The second-order valence-corrected chi connectivity index (χ2v) is 11.5. The van der Waals surface area contributed by atoms with E-state index < -0.39 is 0 Å². The van der Waals surface area contributed by atoms with E-state index >= 15 is 0 Å². The molecule has 0 radical (unpaired) electrons. The highest BCUT2D eigenvalue weighted by Crippen LogP contribution is 2.37. The fourth-order valence-electron chi connectivity index (χ4n) is 6.02. The van der Waals surface area contributed by atoms with E-state index in [0.717, 1.165) is 70.5 Å². The number of likely N-dealkylation sites (tertiary alicyclic amines) is 1. The molecule has 0 aliphatic carbocycles. The predicted molar refractivity (Wildman–Crippen MR) is 162 cm³/mol. The molecule has 1 aromatic carbocycles. The Hall–Kier alpha value is -2.27. The Kier molecular flexibility index (Phi) is 11.8. The van der Waals surface area contributed by atoms with E-state index in [1.807, 2.05) is 11.0 Å².